The van der Waals surface area contributed by atoms with E-state index < -0.39 is 0 Å². The van der Waals surface area contributed by atoms with E-state index in [-0.39, 0.29) is 17.0 Å². The summed E-state index contributed by atoms with van der Waals surface area (Å²) in [6.07, 6.45) is 1.63. The molecule has 110 valence electrons. The quantitative estimate of drug-likeness (QED) is 0.665. The summed E-state index contributed by atoms with van der Waals surface area (Å²) in [6.45, 7) is 9.90. The molecule has 0 radical (unpaired) electrons. The number of fused-ring (bicyclic) bond motifs is 2. The summed E-state index contributed by atoms with van der Waals surface area (Å²) in [4.78, 5) is 25.9. The van der Waals surface area contributed by atoms with Crippen LogP contribution in [-0.4, -0.2) is 11.6 Å². The molecule has 3 rings (SSSR count). The number of ketones is 2. The summed E-state index contributed by atoms with van der Waals surface area (Å²) in [5.41, 5.74) is 3.43. The van der Waals surface area contributed by atoms with Crippen LogP contribution >= 0.6 is 0 Å². The zero-order chi connectivity index (χ0) is 16.1. The molecule has 0 N–H and O–H groups in total. The van der Waals surface area contributed by atoms with Crippen LogP contribution < -0.4 is 0 Å². The van der Waals surface area contributed by atoms with Crippen LogP contribution in [0.2, 0.25) is 0 Å². The summed E-state index contributed by atoms with van der Waals surface area (Å²) >= 11 is 0. The number of carbonyl (C=O) groups excluding carboxylic acids is 2. The smallest absolute Gasteiger partial charge is 0.195 e. The highest BCUT2D eigenvalue weighted by Crippen LogP contribution is 2.36. The zero-order valence-electron chi connectivity index (χ0n) is 13.1. The minimum atomic E-state index is -0.200. The van der Waals surface area contributed by atoms with Crippen molar-refractivity contribution in [3.8, 4) is 0 Å². The Balaban J connectivity index is 2.37. The Morgan fingerprint density at radius 2 is 1.41 bits per heavy atom. The van der Waals surface area contributed by atoms with Gasteiger partial charge in [0.25, 0.3) is 0 Å². The molecule has 0 saturated heterocycles. The van der Waals surface area contributed by atoms with Crippen molar-refractivity contribution in [2.24, 2.45) is 0 Å². The molecule has 22 heavy (non-hydrogen) atoms. The summed E-state index contributed by atoms with van der Waals surface area (Å²) in [6, 6.07) is 10.9. The van der Waals surface area contributed by atoms with E-state index in [0.717, 1.165) is 5.56 Å². The molecular formula is C20H18O2. The number of benzene rings is 2. The third-order valence-electron chi connectivity index (χ3n) is 4.13. The molecule has 2 aromatic carbocycles. The van der Waals surface area contributed by atoms with Crippen molar-refractivity contribution in [2.75, 3.05) is 0 Å². The van der Waals surface area contributed by atoms with Gasteiger partial charge in [0, 0.05) is 22.3 Å². The Labute approximate surface area is 130 Å². The van der Waals surface area contributed by atoms with Crippen molar-refractivity contribution in [3.05, 3.63) is 76.4 Å². The molecule has 0 fully saturated rings. The lowest BCUT2D eigenvalue weighted by Gasteiger charge is -2.27. The average molecular weight is 290 g/mol. The fourth-order valence-electron chi connectivity index (χ4n) is 3.06. The van der Waals surface area contributed by atoms with Crippen molar-refractivity contribution in [2.45, 2.75) is 26.2 Å². The third-order valence-corrected chi connectivity index (χ3v) is 4.13. The van der Waals surface area contributed by atoms with E-state index in [1.165, 1.54) is 0 Å². The second kappa shape index (κ2) is 4.77. The van der Waals surface area contributed by atoms with Gasteiger partial charge in [0.2, 0.25) is 0 Å². The molecule has 0 aromatic heterocycles. The van der Waals surface area contributed by atoms with E-state index in [4.69, 9.17) is 0 Å². The highest BCUT2D eigenvalue weighted by atomic mass is 16.1. The molecule has 2 nitrogen and oxygen atoms in total. The highest BCUT2D eigenvalue weighted by molar-refractivity contribution is 6.29. The van der Waals surface area contributed by atoms with Gasteiger partial charge in [0.1, 0.15) is 0 Å². The first-order valence-electron chi connectivity index (χ1n) is 7.34. The first-order chi connectivity index (χ1) is 10.4. The molecule has 0 atom stereocenters. The van der Waals surface area contributed by atoms with Gasteiger partial charge >= 0.3 is 0 Å². The summed E-state index contributed by atoms with van der Waals surface area (Å²) in [5, 5.41) is 0. The van der Waals surface area contributed by atoms with Crippen LogP contribution in [0.25, 0.3) is 6.08 Å². The largest absolute Gasteiger partial charge is 0.289 e. The fraction of sp³-hybridized carbons (Fsp3) is 0.200. The average Bonchev–Trinajstić information content (AvgIpc) is 2.50. The maximum Gasteiger partial charge on any atom is 0.195 e. The van der Waals surface area contributed by atoms with Crippen LogP contribution in [0.3, 0.4) is 0 Å². The lowest BCUT2D eigenvalue weighted by molar-refractivity contribution is 0.0977. The monoisotopic (exact) mass is 290 g/mol. The van der Waals surface area contributed by atoms with Crippen molar-refractivity contribution in [1.82, 2.24) is 0 Å². The van der Waals surface area contributed by atoms with Crippen molar-refractivity contribution >= 4 is 17.6 Å². The van der Waals surface area contributed by atoms with Gasteiger partial charge in [0.05, 0.1) is 0 Å². The molecule has 0 spiro atoms. The lowest BCUT2D eigenvalue weighted by atomic mass is 9.74. The Bertz CT molecular complexity index is 820. The van der Waals surface area contributed by atoms with Crippen molar-refractivity contribution in [3.63, 3.8) is 0 Å². The summed E-state index contributed by atoms with van der Waals surface area (Å²) < 4.78 is 0. The molecule has 0 amide bonds. The molecule has 2 heteroatoms. The number of rotatable bonds is 1. The van der Waals surface area contributed by atoms with Gasteiger partial charge in [-0.2, -0.15) is 0 Å². The Kier molecular flexibility index (Phi) is 3.13. The summed E-state index contributed by atoms with van der Waals surface area (Å²) in [7, 11) is 0. The van der Waals surface area contributed by atoms with Crippen LogP contribution in [0.5, 0.6) is 0 Å². The Morgan fingerprint density at radius 3 is 2.00 bits per heavy atom. The standard InChI is InChI=1S/C20H18O2/c1-5-12-8-6-9-13-16(12)18(21)14-10-7-11-15(20(2,3)4)17(14)19(13)22/h5-11H,1H2,2-4H3. The molecule has 1 aliphatic carbocycles. The van der Waals surface area contributed by atoms with Crippen LogP contribution in [0, 0.1) is 0 Å². The third kappa shape index (κ3) is 1.95. The maximum absolute atomic E-state index is 13.0. The van der Waals surface area contributed by atoms with E-state index in [0.29, 0.717) is 27.8 Å². The molecule has 0 aliphatic heterocycles. The van der Waals surface area contributed by atoms with Crippen molar-refractivity contribution < 1.29 is 9.59 Å². The van der Waals surface area contributed by atoms with Gasteiger partial charge in [-0.3, -0.25) is 9.59 Å². The Hall–Kier alpha value is -2.48. The van der Waals surface area contributed by atoms with Crippen LogP contribution in [-0.2, 0) is 5.41 Å². The summed E-state index contributed by atoms with van der Waals surface area (Å²) in [5.74, 6) is -0.162. The molecule has 1 aliphatic rings. The number of hydrogen-bond acceptors (Lipinski definition) is 2. The van der Waals surface area contributed by atoms with E-state index in [1.54, 1.807) is 24.3 Å². The van der Waals surface area contributed by atoms with E-state index >= 15 is 0 Å². The molecule has 0 saturated carbocycles. The van der Waals surface area contributed by atoms with Gasteiger partial charge in [-0.25, -0.2) is 0 Å². The van der Waals surface area contributed by atoms with Gasteiger partial charge in [-0.05, 0) is 16.5 Å². The zero-order valence-corrected chi connectivity index (χ0v) is 13.1. The lowest BCUT2D eigenvalue weighted by Crippen LogP contribution is -2.27. The molecule has 0 heterocycles. The fourth-order valence-corrected chi connectivity index (χ4v) is 3.06. The predicted octanol–water partition coefficient (Wildman–Crippen LogP) is 4.40. The topological polar surface area (TPSA) is 34.1 Å². The van der Waals surface area contributed by atoms with Crippen LogP contribution in [0.1, 0.15) is 63.7 Å². The Morgan fingerprint density at radius 1 is 0.864 bits per heavy atom. The van der Waals surface area contributed by atoms with Crippen LogP contribution in [0.4, 0.5) is 0 Å². The number of carbonyl (C=O) groups is 2. The van der Waals surface area contributed by atoms with Crippen molar-refractivity contribution in [1.29, 1.82) is 0 Å². The predicted molar refractivity (Wildman–Crippen MR) is 88.5 cm³/mol. The molecule has 0 unspecified atom stereocenters. The first-order valence-corrected chi connectivity index (χ1v) is 7.34. The second-order valence-corrected chi connectivity index (χ2v) is 6.61. The normalized spacial score (nSPS) is 13.6. The number of hydrogen-bond donors (Lipinski definition) is 0. The maximum atomic E-state index is 13.0. The second-order valence-electron chi connectivity index (χ2n) is 6.61. The SMILES string of the molecule is C=Cc1cccc2c1C(=O)c1cccc(C(C)(C)C)c1C2=O. The van der Waals surface area contributed by atoms with E-state index in [1.807, 2.05) is 18.2 Å². The molecular weight excluding hydrogens is 272 g/mol. The van der Waals surface area contributed by atoms with E-state index in [9.17, 15) is 9.59 Å². The van der Waals surface area contributed by atoms with Crippen LogP contribution in [0.15, 0.2) is 43.0 Å². The van der Waals surface area contributed by atoms with Gasteiger partial charge in [0.15, 0.2) is 11.6 Å². The first kappa shape index (κ1) is 14.5. The molecule has 2 aromatic rings. The van der Waals surface area contributed by atoms with Gasteiger partial charge in [-0.15, -0.1) is 0 Å². The van der Waals surface area contributed by atoms with Gasteiger partial charge < -0.3 is 0 Å². The molecule has 0 bridgehead atoms. The van der Waals surface area contributed by atoms with E-state index in [2.05, 4.69) is 27.4 Å². The minimum absolute atomic E-state index is 0.0705. The van der Waals surface area contributed by atoms with Gasteiger partial charge in [-0.1, -0.05) is 69.8 Å². The highest BCUT2D eigenvalue weighted by Gasteiger charge is 2.34. The minimum Gasteiger partial charge on any atom is -0.289 e.